The Bertz CT molecular complexity index is 1790. The van der Waals surface area contributed by atoms with E-state index in [1.165, 1.54) is 24.7 Å². The van der Waals surface area contributed by atoms with Crippen LogP contribution in [0.5, 0.6) is 0 Å². The predicted octanol–water partition coefficient (Wildman–Crippen LogP) is 2.77. The maximum absolute atomic E-state index is 12.7. The van der Waals surface area contributed by atoms with E-state index in [0.29, 0.717) is 46.8 Å². The summed E-state index contributed by atoms with van der Waals surface area (Å²) >= 11 is 0. The molecule has 5 N–H and O–H groups in total. The third kappa shape index (κ3) is 7.60. The summed E-state index contributed by atoms with van der Waals surface area (Å²) in [6, 6.07) is 16.6. The van der Waals surface area contributed by atoms with Crippen LogP contribution in [0.3, 0.4) is 0 Å². The summed E-state index contributed by atoms with van der Waals surface area (Å²) in [6.45, 7) is 5.16. The maximum Gasteiger partial charge on any atom is 0.261 e. The summed E-state index contributed by atoms with van der Waals surface area (Å²) in [4.78, 5) is 25.5. The number of carbonyl (C=O) groups is 1. The monoisotopic (exact) mass is 603 g/mol. The number of hydrogen-bond acceptors (Lipinski definition) is 9. The summed E-state index contributed by atoms with van der Waals surface area (Å²) in [5.41, 5.74) is 2.26. The van der Waals surface area contributed by atoms with Crippen LogP contribution in [0.25, 0.3) is 11.2 Å². The number of nitrogens with zero attached hydrogens (tertiary/aromatic N) is 5. The molecule has 13 nitrogen and oxygen atoms in total. The third-order valence-corrected chi connectivity index (χ3v) is 8.32. The fraction of sp³-hybridized carbons (Fsp3) is 0.276. The minimum absolute atomic E-state index is 0.162. The van der Waals surface area contributed by atoms with Crippen LogP contribution in [0.2, 0.25) is 0 Å². The van der Waals surface area contributed by atoms with Gasteiger partial charge in [-0.3, -0.25) is 14.6 Å². The smallest absolute Gasteiger partial charge is 0.261 e. The summed E-state index contributed by atoms with van der Waals surface area (Å²) in [6.07, 6.45) is 4.43. The number of H-pyrrole nitrogens is 1. The first-order valence-corrected chi connectivity index (χ1v) is 15.1. The number of aliphatic hydroxyl groups excluding tert-OH is 1. The molecule has 14 heteroatoms. The van der Waals surface area contributed by atoms with Gasteiger partial charge in [-0.15, -0.1) is 0 Å². The van der Waals surface area contributed by atoms with Gasteiger partial charge >= 0.3 is 0 Å². The predicted molar refractivity (Wildman–Crippen MR) is 160 cm³/mol. The number of amides is 1. The normalized spacial score (nSPS) is 12.7. The van der Waals surface area contributed by atoms with Crippen LogP contribution in [0.4, 0.5) is 5.69 Å². The lowest BCUT2D eigenvalue weighted by Crippen LogP contribution is -2.42. The largest absolute Gasteiger partial charge is 0.387 e. The van der Waals surface area contributed by atoms with Gasteiger partial charge in [-0.25, -0.2) is 23.4 Å². The highest BCUT2D eigenvalue weighted by Crippen LogP contribution is 2.22. The molecule has 224 valence electrons. The number of benzene rings is 2. The molecule has 5 aromatic rings. The van der Waals surface area contributed by atoms with Crippen molar-refractivity contribution in [1.29, 1.82) is 0 Å². The van der Waals surface area contributed by atoms with E-state index >= 15 is 0 Å². The van der Waals surface area contributed by atoms with Gasteiger partial charge in [0, 0.05) is 30.5 Å². The topological polar surface area (TPSA) is 180 Å². The summed E-state index contributed by atoms with van der Waals surface area (Å²) < 4.78 is 29.9. The van der Waals surface area contributed by atoms with Crippen molar-refractivity contribution >= 4 is 32.8 Å². The summed E-state index contributed by atoms with van der Waals surface area (Å²) in [7, 11) is -3.74. The quantitative estimate of drug-likeness (QED) is 0.135. The SMILES string of the molecule is CC(C)(CCn1cnc2cc(C(=O)NCc3ncn[nH]3)cnc21)NC[C@H](O)c1cccc(NS(=O)(=O)c2ccccc2)c1. The van der Waals surface area contributed by atoms with Gasteiger partial charge in [0.05, 0.1) is 29.4 Å². The van der Waals surface area contributed by atoms with Crippen LogP contribution in [0.1, 0.15) is 48.1 Å². The molecule has 0 aliphatic heterocycles. The van der Waals surface area contributed by atoms with E-state index in [-0.39, 0.29) is 29.4 Å². The average molecular weight is 604 g/mol. The molecule has 3 heterocycles. The molecule has 0 saturated heterocycles. The van der Waals surface area contributed by atoms with Crippen LogP contribution in [-0.2, 0) is 23.1 Å². The molecule has 0 unspecified atom stereocenters. The lowest BCUT2D eigenvalue weighted by atomic mass is 9.99. The van der Waals surface area contributed by atoms with Crippen LogP contribution in [0.15, 0.2) is 84.4 Å². The highest BCUT2D eigenvalue weighted by atomic mass is 32.2. The van der Waals surface area contributed by atoms with Gasteiger partial charge in [0.2, 0.25) is 0 Å². The first kappa shape index (κ1) is 29.8. The number of β-amino-alcohol motifs (C(OH)–C–C–N with tert-alkyl or cyclic N) is 1. The van der Waals surface area contributed by atoms with Crippen molar-refractivity contribution in [3.05, 3.63) is 96.5 Å². The van der Waals surface area contributed by atoms with Gasteiger partial charge in [-0.2, -0.15) is 5.10 Å². The molecule has 0 spiro atoms. The van der Waals surface area contributed by atoms with E-state index in [1.54, 1.807) is 54.9 Å². The highest BCUT2D eigenvalue weighted by molar-refractivity contribution is 7.92. The number of pyridine rings is 1. The Morgan fingerprint density at radius 3 is 2.65 bits per heavy atom. The fourth-order valence-electron chi connectivity index (χ4n) is 4.42. The maximum atomic E-state index is 12.7. The number of anilines is 1. The lowest BCUT2D eigenvalue weighted by Gasteiger charge is -2.28. The molecule has 1 atom stereocenters. The molecule has 3 aromatic heterocycles. The second kappa shape index (κ2) is 12.7. The number of nitrogens with one attached hydrogen (secondary N) is 4. The van der Waals surface area contributed by atoms with Gasteiger partial charge < -0.3 is 20.3 Å². The summed E-state index contributed by atoms with van der Waals surface area (Å²) in [5.74, 6) is 0.263. The van der Waals surface area contributed by atoms with Crippen molar-refractivity contribution in [3.63, 3.8) is 0 Å². The zero-order chi connectivity index (χ0) is 30.5. The van der Waals surface area contributed by atoms with Gasteiger partial charge in [0.25, 0.3) is 15.9 Å². The first-order chi connectivity index (χ1) is 20.6. The zero-order valence-corrected chi connectivity index (χ0v) is 24.5. The number of aromatic amines is 1. The molecule has 0 saturated carbocycles. The molecule has 43 heavy (non-hydrogen) atoms. The van der Waals surface area contributed by atoms with Gasteiger partial charge in [0.15, 0.2) is 5.65 Å². The minimum Gasteiger partial charge on any atom is -0.387 e. The Balaban J connectivity index is 1.15. The highest BCUT2D eigenvalue weighted by Gasteiger charge is 2.21. The molecule has 0 aliphatic rings. The average Bonchev–Trinajstić information content (AvgIpc) is 3.68. The van der Waals surface area contributed by atoms with Crippen molar-refractivity contribution in [1.82, 2.24) is 40.3 Å². The number of aryl methyl sites for hydroxylation is 1. The van der Waals surface area contributed by atoms with E-state index < -0.39 is 16.1 Å². The number of carbonyl (C=O) groups excluding carboxylic acids is 1. The molecule has 0 fully saturated rings. The molecule has 5 rings (SSSR count). The van der Waals surface area contributed by atoms with Gasteiger partial charge in [0.1, 0.15) is 17.7 Å². The number of aromatic nitrogens is 6. The van der Waals surface area contributed by atoms with Gasteiger partial charge in [-0.05, 0) is 56.2 Å². The molecule has 1 amide bonds. The van der Waals surface area contributed by atoms with E-state index in [4.69, 9.17) is 0 Å². The van der Waals surface area contributed by atoms with E-state index in [2.05, 4.69) is 40.5 Å². The second-order valence-electron chi connectivity index (χ2n) is 10.7. The number of hydrogen-bond donors (Lipinski definition) is 5. The van der Waals surface area contributed by atoms with Crippen LogP contribution in [0, 0.1) is 0 Å². The molecular weight excluding hydrogens is 570 g/mol. The number of imidazole rings is 1. The Morgan fingerprint density at radius 1 is 1.07 bits per heavy atom. The minimum atomic E-state index is -3.74. The Labute approximate surface area is 248 Å². The standard InChI is InChI=1S/C29H33N9O4S/c1-29(2,34-16-25(39)20-7-6-8-22(13-20)37-43(41,42)23-9-4-3-5-10-23)11-12-38-19-33-24-14-21(15-30-27(24)38)28(40)31-17-26-32-18-35-36-26/h3-10,13-15,18-19,25,34,37,39H,11-12,16-17H2,1-2H3,(H,31,40)(H,32,35,36)/t25-/m0/s1. The van der Waals surface area contributed by atoms with Crippen molar-refractivity contribution in [3.8, 4) is 0 Å². The van der Waals surface area contributed by atoms with Crippen LogP contribution < -0.4 is 15.4 Å². The van der Waals surface area contributed by atoms with Crippen LogP contribution >= 0.6 is 0 Å². The molecule has 0 aliphatic carbocycles. The van der Waals surface area contributed by atoms with Crippen molar-refractivity contribution in [2.24, 2.45) is 0 Å². The van der Waals surface area contributed by atoms with Crippen molar-refractivity contribution in [2.45, 2.75) is 49.9 Å². The Hall–Kier alpha value is -4.66. The molecule has 2 aromatic carbocycles. The number of aliphatic hydroxyl groups is 1. The number of rotatable bonds is 13. The fourth-order valence-corrected chi connectivity index (χ4v) is 5.49. The number of fused-ring (bicyclic) bond motifs is 1. The summed E-state index contributed by atoms with van der Waals surface area (Å²) in [5, 5.41) is 23.5. The number of sulfonamides is 1. The van der Waals surface area contributed by atoms with Gasteiger partial charge in [-0.1, -0.05) is 30.3 Å². The molecule has 0 radical (unpaired) electrons. The van der Waals surface area contributed by atoms with Crippen molar-refractivity contribution < 1.29 is 18.3 Å². The molecule has 0 bridgehead atoms. The lowest BCUT2D eigenvalue weighted by molar-refractivity contribution is 0.0949. The Kier molecular flexibility index (Phi) is 8.80. The Morgan fingerprint density at radius 2 is 1.88 bits per heavy atom. The zero-order valence-electron chi connectivity index (χ0n) is 23.7. The molecular formula is C29H33N9O4S. The van der Waals surface area contributed by atoms with E-state index in [0.717, 1.165) is 0 Å². The van der Waals surface area contributed by atoms with E-state index in [9.17, 15) is 18.3 Å². The second-order valence-corrected chi connectivity index (χ2v) is 12.4. The van der Waals surface area contributed by atoms with Crippen LogP contribution in [-0.4, -0.2) is 61.2 Å². The van der Waals surface area contributed by atoms with Crippen molar-refractivity contribution in [2.75, 3.05) is 11.3 Å². The van der Waals surface area contributed by atoms with E-state index in [1.807, 2.05) is 18.4 Å². The third-order valence-electron chi connectivity index (χ3n) is 6.93. The first-order valence-electron chi connectivity index (χ1n) is 13.6.